The zero-order valence-corrected chi connectivity index (χ0v) is 17.9. The van der Waals surface area contributed by atoms with Gasteiger partial charge in [-0.2, -0.15) is 5.10 Å². The molecule has 0 saturated heterocycles. The molecule has 0 bridgehead atoms. The predicted octanol–water partition coefficient (Wildman–Crippen LogP) is 4.49. The molecule has 2 aromatic carbocycles. The van der Waals surface area contributed by atoms with Gasteiger partial charge in [-0.25, -0.2) is 5.43 Å². The molecular formula is C16H9I2N3O4S. The van der Waals surface area contributed by atoms with Crippen molar-refractivity contribution in [3.05, 3.63) is 64.1 Å². The third-order valence-corrected chi connectivity index (χ3v) is 5.92. The number of carbonyl (C=O) groups is 1. The minimum absolute atomic E-state index is 0.0240. The average molecular weight is 593 g/mol. The second kappa shape index (κ2) is 7.84. The van der Waals surface area contributed by atoms with Gasteiger partial charge in [0.25, 0.3) is 11.6 Å². The van der Waals surface area contributed by atoms with E-state index in [2.05, 4.69) is 33.1 Å². The Hall–Kier alpha value is -1.80. The maximum atomic E-state index is 12.2. The summed E-state index contributed by atoms with van der Waals surface area (Å²) < 4.78 is 2.39. The molecule has 0 radical (unpaired) electrons. The first kappa shape index (κ1) is 19.0. The molecule has 0 aliphatic heterocycles. The average Bonchev–Trinajstić information content (AvgIpc) is 3.02. The van der Waals surface area contributed by atoms with Crippen LogP contribution in [0.15, 0.2) is 41.5 Å². The molecule has 26 heavy (non-hydrogen) atoms. The lowest BCUT2D eigenvalue weighted by molar-refractivity contribution is -0.384. The van der Waals surface area contributed by atoms with E-state index < -0.39 is 10.8 Å². The van der Waals surface area contributed by atoms with Gasteiger partial charge in [-0.05, 0) is 69.4 Å². The maximum Gasteiger partial charge on any atom is 0.281 e. The molecule has 132 valence electrons. The molecule has 0 saturated carbocycles. The van der Waals surface area contributed by atoms with Gasteiger partial charge in [0.15, 0.2) is 0 Å². The second-order valence-electron chi connectivity index (χ2n) is 5.11. The van der Waals surface area contributed by atoms with E-state index in [1.165, 1.54) is 29.7 Å². The van der Waals surface area contributed by atoms with Gasteiger partial charge in [0.1, 0.15) is 5.75 Å². The number of halogens is 2. The smallest absolute Gasteiger partial charge is 0.281 e. The number of aromatic hydroxyl groups is 1. The number of nitrogens with one attached hydrogen (secondary N) is 1. The van der Waals surface area contributed by atoms with E-state index in [9.17, 15) is 20.0 Å². The molecule has 0 unspecified atom stereocenters. The van der Waals surface area contributed by atoms with Crippen LogP contribution < -0.4 is 5.43 Å². The number of rotatable bonds is 4. The summed E-state index contributed by atoms with van der Waals surface area (Å²) in [7, 11) is 0. The van der Waals surface area contributed by atoms with Gasteiger partial charge in [0.05, 0.1) is 19.6 Å². The zero-order chi connectivity index (χ0) is 18.8. The summed E-state index contributed by atoms with van der Waals surface area (Å²) in [6.07, 6.45) is 1.37. The molecule has 1 heterocycles. The van der Waals surface area contributed by atoms with Crippen LogP contribution in [-0.2, 0) is 0 Å². The number of fused-ring (bicyclic) bond motifs is 1. The highest BCUT2D eigenvalue weighted by molar-refractivity contribution is 14.1. The molecule has 3 rings (SSSR count). The predicted molar refractivity (Wildman–Crippen MR) is 117 cm³/mol. The molecule has 0 fully saturated rings. The number of non-ortho nitro benzene ring substituents is 1. The quantitative estimate of drug-likeness (QED) is 0.202. The van der Waals surface area contributed by atoms with Crippen LogP contribution in [0.4, 0.5) is 5.69 Å². The van der Waals surface area contributed by atoms with Crippen molar-refractivity contribution < 1.29 is 14.8 Å². The van der Waals surface area contributed by atoms with Crippen molar-refractivity contribution in [3.63, 3.8) is 0 Å². The number of thiophene rings is 1. The molecule has 0 aliphatic carbocycles. The van der Waals surface area contributed by atoms with Crippen molar-refractivity contribution in [3.8, 4) is 5.75 Å². The van der Waals surface area contributed by atoms with Gasteiger partial charge < -0.3 is 5.11 Å². The lowest BCUT2D eigenvalue weighted by atomic mass is 10.2. The van der Waals surface area contributed by atoms with Crippen LogP contribution in [-0.4, -0.2) is 22.2 Å². The highest BCUT2D eigenvalue weighted by Gasteiger charge is 2.13. The summed E-state index contributed by atoms with van der Waals surface area (Å²) in [5, 5.41) is 25.3. The number of amides is 1. The number of hydrogen-bond acceptors (Lipinski definition) is 6. The molecule has 10 heteroatoms. The van der Waals surface area contributed by atoms with Crippen LogP contribution in [0.5, 0.6) is 5.75 Å². The van der Waals surface area contributed by atoms with Gasteiger partial charge in [0.2, 0.25) is 0 Å². The topological polar surface area (TPSA) is 105 Å². The monoisotopic (exact) mass is 593 g/mol. The number of carbonyl (C=O) groups excluding carboxylic acids is 1. The van der Waals surface area contributed by atoms with Crippen molar-refractivity contribution >= 4 is 84.4 Å². The van der Waals surface area contributed by atoms with E-state index in [4.69, 9.17) is 0 Å². The van der Waals surface area contributed by atoms with Crippen molar-refractivity contribution in [1.29, 1.82) is 0 Å². The van der Waals surface area contributed by atoms with Crippen LogP contribution in [0.2, 0.25) is 0 Å². The van der Waals surface area contributed by atoms with Gasteiger partial charge >= 0.3 is 0 Å². The lowest BCUT2D eigenvalue weighted by Gasteiger charge is -2.02. The van der Waals surface area contributed by atoms with Crippen LogP contribution in [0.1, 0.15) is 15.2 Å². The fourth-order valence-corrected chi connectivity index (χ4v) is 4.98. The highest BCUT2D eigenvalue weighted by atomic mass is 127. The molecule has 0 atom stereocenters. The first-order valence-corrected chi connectivity index (χ1v) is 10.0. The highest BCUT2D eigenvalue weighted by Crippen LogP contribution is 2.29. The summed E-state index contributed by atoms with van der Waals surface area (Å²) in [5.41, 5.74) is 2.87. The zero-order valence-electron chi connectivity index (χ0n) is 12.8. The number of nitrogens with zero attached hydrogens (tertiary/aromatic N) is 2. The number of hydrogen-bond donors (Lipinski definition) is 2. The standard InChI is InChI=1S/C16H9I2N3O4S/c17-10-3-9(15(22)12(18)6-10)7-19-20-16(23)14-5-8-4-11(21(24)25)1-2-13(8)26-14/h1-7,22H,(H,20,23)/b19-7-. The lowest BCUT2D eigenvalue weighted by Crippen LogP contribution is -2.16. The first-order chi connectivity index (χ1) is 12.3. The Labute approximate surface area is 178 Å². The molecule has 0 spiro atoms. The Kier molecular flexibility index (Phi) is 5.72. The Balaban J connectivity index is 1.78. The van der Waals surface area contributed by atoms with Crippen molar-refractivity contribution in [2.45, 2.75) is 0 Å². The SMILES string of the molecule is O=C(N/N=C\c1cc(I)cc(I)c1O)c1cc2cc([N+](=O)[O-])ccc2s1. The van der Waals surface area contributed by atoms with Gasteiger partial charge in [-0.1, -0.05) is 0 Å². The number of benzene rings is 2. The Morgan fingerprint density at radius 3 is 2.77 bits per heavy atom. The maximum absolute atomic E-state index is 12.2. The van der Waals surface area contributed by atoms with Crippen LogP contribution in [0.3, 0.4) is 0 Å². The number of nitro groups is 1. The van der Waals surface area contributed by atoms with Crippen LogP contribution >= 0.6 is 56.5 Å². The van der Waals surface area contributed by atoms with E-state index >= 15 is 0 Å². The van der Waals surface area contributed by atoms with E-state index in [0.29, 0.717) is 19.4 Å². The Morgan fingerprint density at radius 1 is 1.27 bits per heavy atom. The number of phenolic OH excluding ortho intramolecular Hbond substituents is 1. The molecule has 0 aliphatic rings. The van der Waals surface area contributed by atoms with Crippen molar-refractivity contribution in [2.24, 2.45) is 5.10 Å². The van der Waals surface area contributed by atoms with Crippen molar-refractivity contribution in [1.82, 2.24) is 5.43 Å². The van der Waals surface area contributed by atoms with E-state index in [0.717, 1.165) is 8.27 Å². The van der Waals surface area contributed by atoms with E-state index in [1.807, 2.05) is 28.7 Å². The van der Waals surface area contributed by atoms with E-state index in [-0.39, 0.29) is 11.4 Å². The van der Waals surface area contributed by atoms with Crippen LogP contribution in [0, 0.1) is 17.3 Å². The number of phenols is 1. The third kappa shape index (κ3) is 4.12. The van der Waals surface area contributed by atoms with Crippen LogP contribution in [0.25, 0.3) is 10.1 Å². The Bertz CT molecular complexity index is 1070. The summed E-state index contributed by atoms with van der Waals surface area (Å²) >= 11 is 5.36. The molecule has 1 aromatic heterocycles. The largest absolute Gasteiger partial charge is 0.506 e. The normalized spacial score (nSPS) is 11.2. The molecule has 1 amide bonds. The second-order valence-corrected chi connectivity index (χ2v) is 8.61. The Morgan fingerprint density at radius 2 is 2.04 bits per heavy atom. The first-order valence-electron chi connectivity index (χ1n) is 7.04. The van der Waals surface area contributed by atoms with E-state index in [1.54, 1.807) is 18.2 Å². The minimum Gasteiger partial charge on any atom is -0.506 e. The van der Waals surface area contributed by atoms with Crippen molar-refractivity contribution in [2.75, 3.05) is 0 Å². The fraction of sp³-hybridized carbons (Fsp3) is 0. The fourth-order valence-electron chi connectivity index (χ4n) is 2.16. The number of hydrazone groups is 1. The number of nitro benzene ring substituents is 1. The van der Waals surface area contributed by atoms with Gasteiger partial charge in [0, 0.05) is 31.4 Å². The van der Waals surface area contributed by atoms with Gasteiger partial charge in [-0.3, -0.25) is 14.9 Å². The molecule has 2 N–H and O–H groups in total. The van der Waals surface area contributed by atoms with Gasteiger partial charge in [-0.15, -0.1) is 11.3 Å². The third-order valence-electron chi connectivity index (χ3n) is 3.36. The summed E-state index contributed by atoms with van der Waals surface area (Å²) in [5.74, 6) is -0.330. The summed E-state index contributed by atoms with van der Waals surface area (Å²) in [4.78, 5) is 23.0. The molecule has 3 aromatic rings. The summed E-state index contributed by atoms with van der Waals surface area (Å²) in [6.45, 7) is 0. The minimum atomic E-state index is -0.476. The molecule has 7 nitrogen and oxygen atoms in total. The molecular weight excluding hydrogens is 584 g/mol. The summed E-state index contributed by atoms with van der Waals surface area (Å²) in [6, 6.07) is 9.60.